The molecule has 0 saturated carbocycles. The van der Waals surface area contributed by atoms with Gasteiger partial charge in [-0.1, -0.05) is 6.08 Å². The van der Waals surface area contributed by atoms with Crippen LogP contribution in [-0.2, 0) is 19.1 Å². The summed E-state index contributed by atoms with van der Waals surface area (Å²) in [5.74, 6) is -0.825. The summed E-state index contributed by atoms with van der Waals surface area (Å²) in [6, 6.07) is 0. The monoisotopic (exact) mass is 269 g/mol. The summed E-state index contributed by atoms with van der Waals surface area (Å²) in [7, 11) is 1.28. The average Bonchev–Trinajstić information content (AvgIpc) is 2.65. The lowest BCUT2D eigenvalue weighted by Crippen LogP contribution is -2.37. The van der Waals surface area contributed by atoms with E-state index in [2.05, 4.69) is 4.74 Å². The van der Waals surface area contributed by atoms with E-state index in [1.165, 1.54) is 13.2 Å². The molecule has 106 valence electrons. The number of imide groups is 1. The van der Waals surface area contributed by atoms with E-state index in [4.69, 9.17) is 4.74 Å². The minimum atomic E-state index is -0.654. The maximum atomic E-state index is 11.9. The summed E-state index contributed by atoms with van der Waals surface area (Å²) in [6.45, 7) is 5.49. The number of ether oxygens (including phenoxy) is 2. The van der Waals surface area contributed by atoms with Crippen LogP contribution in [0.5, 0.6) is 0 Å². The molecule has 2 amide bonds. The number of carbonyl (C=O) groups is 3. The molecule has 0 aromatic heterocycles. The van der Waals surface area contributed by atoms with Gasteiger partial charge in [-0.25, -0.2) is 9.69 Å². The summed E-state index contributed by atoms with van der Waals surface area (Å²) >= 11 is 0. The SMILES string of the molecule is COC(=O)CC=C1CCN(C(=O)OC(C)(C)C)C1=O. The summed E-state index contributed by atoms with van der Waals surface area (Å²) in [6.07, 6.45) is 1.30. The average molecular weight is 269 g/mol. The van der Waals surface area contributed by atoms with Crippen molar-refractivity contribution in [2.75, 3.05) is 13.7 Å². The Balaban J connectivity index is 2.65. The minimum Gasteiger partial charge on any atom is -0.469 e. The molecule has 1 aliphatic rings. The quantitative estimate of drug-likeness (QED) is 0.563. The van der Waals surface area contributed by atoms with Crippen LogP contribution < -0.4 is 0 Å². The van der Waals surface area contributed by atoms with Crippen LogP contribution >= 0.6 is 0 Å². The van der Waals surface area contributed by atoms with Gasteiger partial charge in [0.05, 0.1) is 13.5 Å². The molecule has 1 rings (SSSR count). The number of esters is 1. The van der Waals surface area contributed by atoms with E-state index < -0.39 is 23.6 Å². The number of hydrogen-bond donors (Lipinski definition) is 0. The molecule has 1 aliphatic heterocycles. The third-order valence-electron chi connectivity index (χ3n) is 2.48. The predicted molar refractivity (Wildman–Crippen MR) is 67.3 cm³/mol. The molecule has 6 nitrogen and oxygen atoms in total. The van der Waals surface area contributed by atoms with E-state index in [1.807, 2.05) is 0 Å². The Morgan fingerprint density at radius 2 is 2.00 bits per heavy atom. The third kappa shape index (κ3) is 4.39. The van der Waals surface area contributed by atoms with Gasteiger partial charge in [-0.15, -0.1) is 0 Å². The molecule has 6 heteroatoms. The van der Waals surface area contributed by atoms with Crippen molar-refractivity contribution < 1.29 is 23.9 Å². The van der Waals surface area contributed by atoms with Crippen LogP contribution in [0.4, 0.5) is 4.79 Å². The van der Waals surface area contributed by atoms with E-state index in [9.17, 15) is 14.4 Å². The standard InChI is InChI=1S/C13H19NO5/c1-13(2,3)19-12(17)14-8-7-9(11(14)16)5-6-10(15)18-4/h5H,6-8H2,1-4H3. The second kappa shape index (κ2) is 5.86. The van der Waals surface area contributed by atoms with Gasteiger partial charge in [0, 0.05) is 12.1 Å². The van der Waals surface area contributed by atoms with Gasteiger partial charge in [0.2, 0.25) is 0 Å². The molecule has 0 spiro atoms. The van der Waals surface area contributed by atoms with E-state index in [0.717, 1.165) is 4.90 Å². The Morgan fingerprint density at radius 1 is 1.37 bits per heavy atom. The number of rotatable bonds is 2. The van der Waals surface area contributed by atoms with Gasteiger partial charge in [-0.3, -0.25) is 9.59 Å². The van der Waals surface area contributed by atoms with Gasteiger partial charge < -0.3 is 9.47 Å². The second-order valence-corrected chi connectivity index (χ2v) is 5.20. The number of carbonyl (C=O) groups excluding carboxylic acids is 3. The first-order chi connectivity index (χ1) is 8.74. The molecule has 19 heavy (non-hydrogen) atoms. The molecule has 0 atom stereocenters. The molecule has 0 aromatic carbocycles. The number of hydrogen-bond acceptors (Lipinski definition) is 5. The molecular weight excluding hydrogens is 250 g/mol. The predicted octanol–water partition coefficient (Wildman–Crippen LogP) is 1.64. The lowest BCUT2D eigenvalue weighted by atomic mass is 10.2. The fraction of sp³-hybridized carbons (Fsp3) is 0.615. The second-order valence-electron chi connectivity index (χ2n) is 5.20. The van der Waals surface area contributed by atoms with Crippen LogP contribution in [0.15, 0.2) is 11.6 Å². The maximum Gasteiger partial charge on any atom is 0.417 e. The largest absolute Gasteiger partial charge is 0.469 e. The Morgan fingerprint density at radius 3 is 2.53 bits per heavy atom. The van der Waals surface area contributed by atoms with Crippen molar-refractivity contribution in [1.29, 1.82) is 0 Å². The fourth-order valence-corrected chi connectivity index (χ4v) is 1.58. The number of nitrogens with zero attached hydrogens (tertiary/aromatic N) is 1. The van der Waals surface area contributed by atoms with Gasteiger partial charge in [-0.2, -0.15) is 0 Å². The van der Waals surface area contributed by atoms with Crippen molar-refractivity contribution in [2.45, 2.75) is 39.2 Å². The first-order valence-electron chi connectivity index (χ1n) is 6.05. The van der Waals surface area contributed by atoms with Gasteiger partial charge in [0.1, 0.15) is 5.60 Å². The van der Waals surface area contributed by atoms with E-state index in [-0.39, 0.29) is 13.0 Å². The summed E-state index contributed by atoms with van der Waals surface area (Å²) < 4.78 is 9.62. The molecule has 0 bridgehead atoms. The number of likely N-dealkylation sites (tertiary alicyclic amines) is 1. The summed E-state index contributed by atoms with van der Waals surface area (Å²) in [4.78, 5) is 35.8. The fourth-order valence-electron chi connectivity index (χ4n) is 1.58. The van der Waals surface area contributed by atoms with Gasteiger partial charge >= 0.3 is 12.1 Å². The first kappa shape index (κ1) is 15.2. The summed E-state index contributed by atoms with van der Waals surface area (Å²) in [5.41, 5.74) is -0.202. The zero-order chi connectivity index (χ0) is 14.6. The lowest BCUT2D eigenvalue weighted by Gasteiger charge is -2.23. The number of methoxy groups -OCH3 is 1. The minimum absolute atomic E-state index is 0.0275. The van der Waals surface area contributed by atoms with Gasteiger partial charge in [0.15, 0.2) is 0 Å². The molecule has 0 radical (unpaired) electrons. The van der Waals surface area contributed by atoms with E-state index >= 15 is 0 Å². The molecule has 0 unspecified atom stereocenters. The third-order valence-corrected chi connectivity index (χ3v) is 2.48. The Hall–Kier alpha value is -1.85. The normalized spacial score (nSPS) is 17.8. The van der Waals surface area contributed by atoms with Crippen molar-refractivity contribution in [3.05, 3.63) is 11.6 Å². The van der Waals surface area contributed by atoms with Crippen molar-refractivity contribution in [3.63, 3.8) is 0 Å². The van der Waals surface area contributed by atoms with Crippen LogP contribution in [0.3, 0.4) is 0 Å². The molecule has 1 saturated heterocycles. The van der Waals surface area contributed by atoms with Crippen LogP contribution in [0.2, 0.25) is 0 Å². The summed E-state index contributed by atoms with van der Waals surface area (Å²) in [5, 5.41) is 0. The van der Waals surface area contributed by atoms with Gasteiger partial charge in [-0.05, 0) is 27.2 Å². The van der Waals surface area contributed by atoms with Crippen molar-refractivity contribution >= 4 is 18.0 Å². The lowest BCUT2D eigenvalue weighted by molar-refractivity contribution is -0.139. The van der Waals surface area contributed by atoms with Gasteiger partial charge in [0.25, 0.3) is 5.91 Å². The van der Waals surface area contributed by atoms with Crippen LogP contribution in [0.1, 0.15) is 33.6 Å². The highest BCUT2D eigenvalue weighted by atomic mass is 16.6. The smallest absolute Gasteiger partial charge is 0.417 e. The molecule has 0 aromatic rings. The Bertz CT molecular complexity index is 419. The molecule has 0 aliphatic carbocycles. The first-order valence-corrected chi connectivity index (χ1v) is 6.05. The highest BCUT2D eigenvalue weighted by Gasteiger charge is 2.33. The van der Waals surface area contributed by atoms with E-state index in [0.29, 0.717) is 12.0 Å². The highest BCUT2D eigenvalue weighted by Crippen LogP contribution is 2.20. The number of amides is 2. The topological polar surface area (TPSA) is 72.9 Å². The van der Waals surface area contributed by atoms with Crippen molar-refractivity contribution in [2.24, 2.45) is 0 Å². The van der Waals surface area contributed by atoms with Crippen molar-refractivity contribution in [3.8, 4) is 0 Å². The Labute approximate surface area is 112 Å². The van der Waals surface area contributed by atoms with E-state index in [1.54, 1.807) is 20.8 Å². The van der Waals surface area contributed by atoms with Crippen LogP contribution in [-0.4, -0.2) is 42.1 Å². The van der Waals surface area contributed by atoms with Crippen LogP contribution in [0.25, 0.3) is 0 Å². The molecule has 1 fully saturated rings. The van der Waals surface area contributed by atoms with Crippen LogP contribution in [0, 0.1) is 0 Å². The molecular formula is C13H19NO5. The molecule has 1 heterocycles. The zero-order valence-corrected chi connectivity index (χ0v) is 11.7. The van der Waals surface area contributed by atoms with Crippen molar-refractivity contribution in [1.82, 2.24) is 4.90 Å². The maximum absolute atomic E-state index is 11.9. The molecule has 0 N–H and O–H groups in total. The zero-order valence-electron chi connectivity index (χ0n) is 11.7. The Kier molecular flexibility index (Phi) is 4.69. The highest BCUT2D eigenvalue weighted by molar-refractivity contribution is 6.04.